The number of rotatable bonds is 5. The van der Waals surface area contributed by atoms with Gasteiger partial charge in [0.2, 0.25) is 5.91 Å². The van der Waals surface area contributed by atoms with Gasteiger partial charge in [-0.1, -0.05) is 12.8 Å². The summed E-state index contributed by atoms with van der Waals surface area (Å²) in [5, 5.41) is 5.44. The first-order valence-electron chi connectivity index (χ1n) is 6.97. The molecule has 19 heavy (non-hydrogen) atoms. The van der Waals surface area contributed by atoms with Crippen LogP contribution in [-0.2, 0) is 9.53 Å². The molecular weight excluding hydrogens is 246 g/mol. The topological polar surface area (TPSA) is 70.7 Å². The summed E-state index contributed by atoms with van der Waals surface area (Å²) in [6, 6.07) is -0.663. The van der Waals surface area contributed by atoms with E-state index in [0.29, 0.717) is 13.2 Å². The Balaban J connectivity index is 2.31. The van der Waals surface area contributed by atoms with Gasteiger partial charge < -0.3 is 20.3 Å². The second-order valence-electron chi connectivity index (χ2n) is 4.86. The van der Waals surface area contributed by atoms with Crippen molar-refractivity contribution in [2.24, 2.45) is 0 Å². The molecule has 6 heteroatoms. The third-order valence-corrected chi connectivity index (χ3v) is 3.23. The van der Waals surface area contributed by atoms with Crippen molar-refractivity contribution in [3.63, 3.8) is 0 Å². The minimum absolute atomic E-state index is 0.142. The van der Waals surface area contributed by atoms with Crippen LogP contribution in [0.15, 0.2) is 0 Å². The van der Waals surface area contributed by atoms with Crippen LogP contribution < -0.4 is 10.6 Å². The molecule has 0 saturated carbocycles. The molecule has 0 aromatic carbocycles. The predicted molar refractivity (Wildman–Crippen MR) is 72.9 cm³/mol. The number of hydrogen-bond acceptors (Lipinski definition) is 3. The van der Waals surface area contributed by atoms with Crippen molar-refractivity contribution in [1.82, 2.24) is 15.5 Å². The first kappa shape index (κ1) is 15.8. The molecule has 6 nitrogen and oxygen atoms in total. The lowest BCUT2D eigenvalue weighted by Gasteiger charge is -2.23. The van der Waals surface area contributed by atoms with Crippen molar-refractivity contribution in [2.45, 2.75) is 38.6 Å². The highest BCUT2D eigenvalue weighted by Crippen LogP contribution is 2.09. The summed E-state index contributed by atoms with van der Waals surface area (Å²) in [5.41, 5.74) is 0. The van der Waals surface area contributed by atoms with Gasteiger partial charge >= 0.3 is 6.03 Å². The Morgan fingerprint density at radius 1 is 1.21 bits per heavy atom. The van der Waals surface area contributed by atoms with Gasteiger partial charge in [-0.05, 0) is 19.8 Å². The Labute approximate surface area is 114 Å². The van der Waals surface area contributed by atoms with Gasteiger partial charge in [-0.25, -0.2) is 4.79 Å². The van der Waals surface area contributed by atoms with Crippen LogP contribution in [-0.4, -0.2) is 56.2 Å². The molecule has 0 bridgehead atoms. The lowest BCUT2D eigenvalue weighted by Crippen LogP contribution is -2.50. The van der Waals surface area contributed by atoms with Gasteiger partial charge in [-0.2, -0.15) is 0 Å². The highest BCUT2D eigenvalue weighted by Gasteiger charge is 2.20. The summed E-state index contributed by atoms with van der Waals surface area (Å²) < 4.78 is 4.85. The normalized spacial score (nSPS) is 17.5. The maximum Gasteiger partial charge on any atom is 0.318 e. The first-order chi connectivity index (χ1) is 9.15. The highest BCUT2D eigenvalue weighted by molar-refractivity contribution is 5.86. The van der Waals surface area contributed by atoms with Crippen molar-refractivity contribution in [3.8, 4) is 0 Å². The van der Waals surface area contributed by atoms with E-state index >= 15 is 0 Å². The number of nitrogens with one attached hydrogen (secondary N) is 2. The second kappa shape index (κ2) is 8.74. The first-order valence-corrected chi connectivity index (χ1v) is 6.97. The van der Waals surface area contributed by atoms with Gasteiger partial charge in [-0.15, -0.1) is 0 Å². The molecule has 1 saturated heterocycles. The van der Waals surface area contributed by atoms with Crippen molar-refractivity contribution >= 4 is 11.9 Å². The van der Waals surface area contributed by atoms with Crippen LogP contribution in [0.5, 0.6) is 0 Å². The minimum Gasteiger partial charge on any atom is -0.383 e. The molecule has 1 atom stereocenters. The number of hydrogen-bond donors (Lipinski definition) is 2. The van der Waals surface area contributed by atoms with E-state index in [2.05, 4.69) is 10.6 Å². The van der Waals surface area contributed by atoms with E-state index in [1.807, 2.05) is 0 Å². The fourth-order valence-corrected chi connectivity index (χ4v) is 2.05. The number of likely N-dealkylation sites (tertiary alicyclic amines) is 1. The number of amides is 3. The summed E-state index contributed by atoms with van der Waals surface area (Å²) in [4.78, 5) is 25.5. The fraction of sp³-hybridized carbons (Fsp3) is 0.846. The van der Waals surface area contributed by atoms with Crippen molar-refractivity contribution in [3.05, 3.63) is 0 Å². The largest absolute Gasteiger partial charge is 0.383 e. The summed E-state index contributed by atoms with van der Waals surface area (Å²) in [7, 11) is 1.58. The molecule has 1 heterocycles. The van der Waals surface area contributed by atoms with E-state index in [0.717, 1.165) is 25.9 Å². The number of methoxy groups -OCH3 is 1. The van der Waals surface area contributed by atoms with Crippen LogP contribution in [0.25, 0.3) is 0 Å². The zero-order valence-electron chi connectivity index (χ0n) is 11.9. The van der Waals surface area contributed by atoms with Crippen LogP contribution in [0.3, 0.4) is 0 Å². The zero-order valence-corrected chi connectivity index (χ0v) is 11.9. The average molecular weight is 271 g/mol. The molecule has 1 unspecified atom stereocenters. The van der Waals surface area contributed by atoms with E-state index in [9.17, 15) is 9.59 Å². The molecule has 0 aliphatic carbocycles. The van der Waals surface area contributed by atoms with Crippen LogP contribution in [0, 0.1) is 0 Å². The Morgan fingerprint density at radius 3 is 2.42 bits per heavy atom. The Morgan fingerprint density at radius 2 is 1.84 bits per heavy atom. The smallest absolute Gasteiger partial charge is 0.318 e. The monoisotopic (exact) mass is 271 g/mol. The molecule has 3 amide bonds. The van der Waals surface area contributed by atoms with Crippen LogP contribution in [0.1, 0.15) is 32.6 Å². The number of ether oxygens (including phenoxy) is 1. The lowest BCUT2D eigenvalue weighted by molar-refractivity contribution is -0.122. The SMILES string of the molecule is COCCNC(=O)C(C)NC(=O)N1CCCCCC1. The van der Waals surface area contributed by atoms with Gasteiger partial charge in [0.25, 0.3) is 0 Å². The zero-order chi connectivity index (χ0) is 14.1. The predicted octanol–water partition coefficient (Wildman–Crippen LogP) is 0.723. The molecule has 0 aromatic heterocycles. The third kappa shape index (κ3) is 5.92. The quantitative estimate of drug-likeness (QED) is 0.724. The van der Waals surface area contributed by atoms with E-state index < -0.39 is 6.04 Å². The molecular formula is C13H25N3O3. The van der Waals surface area contributed by atoms with E-state index in [1.54, 1.807) is 18.9 Å². The Kier molecular flexibility index (Phi) is 7.25. The Hall–Kier alpha value is -1.30. The molecule has 1 fully saturated rings. The van der Waals surface area contributed by atoms with Crippen LogP contribution in [0.4, 0.5) is 4.79 Å². The van der Waals surface area contributed by atoms with Gasteiger partial charge in [0.1, 0.15) is 6.04 Å². The van der Waals surface area contributed by atoms with Crippen molar-refractivity contribution in [1.29, 1.82) is 0 Å². The number of carbonyl (C=O) groups is 2. The molecule has 1 aliphatic rings. The van der Waals surface area contributed by atoms with E-state index in [-0.39, 0.29) is 11.9 Å². The number of nitrogens with zero attached hydrogens (tertiary/aromatic N) is 1. The van der Waals surface area contributed by atoms with Crippen LogP contribution >= 0.6 is 0 Å². The maximum atomic E-state index is 12.0. The molecule has 2 N–H and O–H groups in total. The lowest BCUT2D eigenvalue weighted by atomic mass is 10.2. The second-order valence-corrected chi connectivity index (χ2v) is 4.86. The number of carbonyl (C=O) groups excluding carboxylic acids is 2. The standard InChI is InChI=1S/C13H25N3O3/c1-11(12(17)14-7-10-19-2)15-13(18)16-8-5-3-4-6-9-16/h11H,3-10H2,1-2H3,(H,14,17)(H,15,18). The average Bonchev–Trinajstić information content (AvgIpc) is 2.67. The van der Waals surface area contributed by atoms with Gasteiger partial charge in [0, 0.05) is 26.7 Å². The molecule has 110 valence electrons. The van der Waals surface area contributed by atoms with Crippen molar-refractivity contribution in [2.75, 3.05) is 33.4 Å². The van der Waals surface area contributed by atoms with E-state index in [1.165, 1.54) is 12.8 Å². The van der Waals surface area contributed by atoms with Crippen LogP contribution in [0.2, 0.25) is 0 Å². The minimum atomic E-state index is -0.521. The molecule has 0 spiro atoms. The molecule has 1 aliphatic heterocycles. The fourth-order valence-electron chi connectivity index (χ4n) is 2.05. The summed E-state index contributed by atoms with van der Waals surface area (Å²) in [6.07, 6.45) is 4.44. The van der Waals surface area contributed by atoms with Gasteiger partial charge in [0.05, 0.1) is 6.61 Å². The van der Waals surface area contributed by atoms with Gasteiger partial charge in [-0.3, -0.25) is 4.79 Å². The summed E-state index contributed by atoms with van der Waals surface area (Å²) >= 11 is 0. The Bertz CT molecular complexity index is 289. The van der Waals surface area contributed by atoms with Gasteiger partial charge in [0.15, 0.2) is 0 Å². The van der Waals surface area contributed by atoms with Crippen molar-refractivity contribution < 1.29 is 14.3 Å². The highest BCUT2D eigenvalue weighted by atomic mass is 16.5. The third-order valence-electron chi connectivity index (χ3n) is 3.23. The molecule has 0 radical (unpaired) electrons. The molecule has 0 aromatic rings. The van der Waals surface area contributed by atoms with E-state index in [4.69, 9.17) is 4.74 Å². The maximum absolute atomic E-state index is 12.0. The molecule has 1 rings (SSSR count). The number of urea groups is 1. The summed E-state index contributed by atoms with van der Waals surface area (Å²) in [6.45, 7) is 4.18. The summed E-state index contributed by atoms with van der Waals surface area (Å²) in [5.74, 6) is -0.180.